The monoisotopic (exact) mass is 309 g/mol. The summed E-state index contributed by atoms with van der Waals surface area (Å²) in [7, 11) is 0. The molecule has 0 aliphatic heterocycles. The Bertz CT molecular complexity index is 632. The van der Waals surface area contributed by atoms with Crippen molar-refractivity contribution in [1.82, 2.24) is 4.98 Å². The van der Waals surface area contributed by atoms with Gasteiger partial charge in [0.15, 0.2) is 0 Å². The summed E-state index contributed by atoms with van der Waals surface area (Å²) in [5.74, 6) is -0.851. The smallest absolute Gasteiger partial charge is 0.315 e. The molecule has 0 saturated heterocycles. The molecule has 0 bridgehead atoms. The summed E-state index contributed by atoms with van der Waals surface area (Å²) in [6.07, 6.45) is 0. The van der Waals surface area contributed by atoms with Crippen LogP contribution in [-0.4, -0.2) is 16.1 Å². The first-order chi connectivity index (χ1) is 9.12. The number of nitrogens with zero attached hydrogens (tertiary/aromatic N) is 1. The van der Waals surface area contributed by atoms with Gasteiger partial charge in [-0.15, -0.1) is 22.7 Å². The average Bonchev–Trinajstić information content (AvgIpc) is 2.96. The van der Waals surface area contributed by atoms with E-state index >= 15 is 0 Å². The Labute approximate surface area is 127 Å². The predicted molar refractivity (Wildman–Crippen MR) is 84.8 cm³/mol. The number of carboxylic acids is 1. The molecule has 20 heavy (non-hydrogen) atoms. The van der Waals surface area contributed by atoms with Crippen molar-refractivity contribution in [2.24, 2.45) is 0 Å². The Kier molecular flexibility index (Phi) is 3.77. The number of carboxylic acid groups (broad SMARTS) is 1. The molecule has 0 spiro atoms. The number of rotatable bonds is 3. The van der Waals surface area contributed by atoms with Gasteiger partial charge in [-0.25, -0.2) is 4.98 Å². The van der Waals surface area contributed by atoms with Crippen LogP contribution in [0.25, 0.3) is 9.88 Å². The molecule has 0 unspecified atom stereocenters. The first kappa shape index (κ1) is 15.2. The second kappa shape index (κ2) is 4.97. The van der Waals surface area contributed by atoms with Crippen LogP contribution in [0.4, 0.5) is 0 Å². The van der Waals surface area contributed by atoms with Crippen molar-refractivity contribution in [1.29, 1.82) is 0 Å². The van der Waals surface area contributed by atoms with E-state index in [1.807, 2.05) is 5.38 Å². The van der Waals surface area contributed by atoms with E-state index in [1.54, 1.807) is 25.2 Å². The molecule has 0 radical (unpaired) electrons. The summed E-state index contributed by atoms with van der Waals surface area (Å²) in [5.41, 5.74) is -0.196. The van der Waals surface area contributed by atoms with E-state index < -0.39 is 11.4 Å². The molecule has 2 heterocycles. The lowest BCUT2D eigenvalue weighted by Crippen LogP contribution is -2.28. The summed E-state index contributed by atoms with van der Waals surface area (Å²) in [4.78, 5) is 18.2. The normalized spacial score (nSPS) is 12.7. The maximum absolute atomic E-state index is 11.3. The highest BCUT2D eigenvalue weighted by Crippen LogP contribution is 2.37. The lowest BCUT2D eigenvalue weighted by atomic mass is 9.90. The van der Waals surface area contributed by atoms with Gasteiger partial charge < -0.3 is 5.11 Å². The molecular formula is C15H19NO2S2. The highest BCUT2D eigenvalue weighted by atomic mass is 32.1. The fraction of sp³-hybridized carbons (Fsp3) is 0.467. The van der Waals surface area contributed by atoms with Crippen LogP contribution in [0.3, 0.4) is 0 Å². The van der Waals surface area contributed by atoms with Gasteiger partial charge in [-0.05, 0) is 31.4 Å². The largest absolute Gasteiger partial charge is 0.481 e. The van der Waals surface area contributed by atoms with Gasteiger partial charge >= 0.3 is 5.97 Å². The molecule has 5 heteroatoms. The molecule has 3 nitrogen and oxygen atoms in total. The number of hydrogen-bond acceptors (Lipinski definition) is 4. The number of hydrogen-bond donors (Lipinski definition) is 1. The minimum Gasteiger partial charge on any atom is -0.481 e. The van der Waals surface area contributed by atoms with Crippen LogP contribution in [-0.2, 0) is 15.6 Å². The van der Waals surface area contributed by atoms with Gasteiger partial charge in [-0.1, -0.05) is 20.8 Å². The zero-order chi connectivity index (χ0) is 15.1. The van der Waals surface area contributed by atoms with Crippen LogP contribution in [0.2, 0.25) is 0 Å². The minimum atomic E-state index is -0.946. The fourth-order valence-electron chi connectivity index (χ4n) is 1.64. The summed E-state index contributed by atoms with van der Waals surface area (Å²) in [6, 6.07) is 4.20. The van der Waals surface area contributed by atoms with Gasteiger partial charge in [0.25, 0.3) is 0 Å². The molecule has 0 aromatic carbocycles. The highest BCUT2D eigenvalue weighted by Gasteiger charge is 2.32. The summed E-state index contributed by atoms with van der Waals surface area (Å²) >= 11 is 3.23. The Morgan fingerprint density at radius 2 is 1.85 bits per heavy atom. The van der Waals surface area contributed by atoms with E-state index in [2.05, 4.69) is 37.9 Å². The van der Waals surface area contributed by atoms with Gasteiger partial charge in [-0.3, -0.25) is 4.79 Å². The Morgan fingerprint density at radius 1 is 1.20 bits per heavy atom. The molecule has 0 atom stereocenters. The second-order valence-corrected chi connectivity index (χ2v) is 8.32. The van der Waals surface area contributed by atoms with Crippen molar-refractivity contribution < 1.29 is 9.90 Å². The lowest BCUT2D eigenvalue weighted by molar-refractivity contribution is -0.142. The van der Waals surface area contributed by atoms with Crippen LogP contribution in [0.1, 0.15) is 45.2 Å². The van der Waals surface area contributed by atoms with E-state index in [-0.39, 0.29) is 5.41 Å². The molecule has 0 saturated carbocycles. The van der Waals surface area contributed by atoms with Crippen LogP contribution < -0.4 is 0 Å². The minimum absolute atomic E-state index is 0.128. The second-order valence-electron chi connectivity index (χ2n) is 6.38. The van der Waals surface area contributed by atoms with E-state index in [0.29, 0.717) is 5.69 Å². The number of aliphatic carboxylic acids is 1. The Hall–Kier alpha value is -1.20. The Morgan fingerprint density at radius 3 is 2.35 bits per heavy atom. The predicted octanol–water partition coefficient (Wildman–Crippen LogP) is 4.53. The van der Waals surface area contributed by atoms with Gasteiger partial charge in [0.2, 0.25) is 0 Å². The summed E-state index contributed by atoms with van der Waals surface area (Å²) in [5, 5.41) is 12.0. The third-order valence-electron chi connectivity index (χ3n) is 3.24. The first-order valence-electron chi connectivity index (χ1n) is 6.42. The third kappa shape index (κ3) is 2.79. The van der Waals surface area contributed by atoms with Gasteiger partial charge in [0, 0.05) is 10.3 Å². The van der Waals surface area contributed by atoms with Crippen LogP contribution >= 0.6 is 22.7 Å². The van der Waals surface area contributed by atoms with Crippen LogP contribution in [0.5, 0.6) is 0 Å². The molecule has 1 N–H and O–H groups in total. The van der Waals surface area contributed by atoms with Gasteiger partial charge in [-0.2, -0.15) is 0 Å². The van der Waals surface area contributed by atoms with E-state index in [1.165, 1.54) is 16.2 Å². The molecule has 0 fully saturated rings. The van der Waals surface area contributed by atoms with E-state index in [4.69, 9.17) is 0 Å². The van der Waals surface area contributed by atoms with Crippen molar-refractivity contribution in [3.8, 4) is 9.88 Å². The standard InChI is InChI=1S/C15H19NO2S2/c1-14(2,3)11-7-6-9(20-11)12-16-10(8-19-12)15(4,5)13(17)18/h6-8H,1-5H3,(H,17,18). The molecule has 2 aromatic heterocycles. The maximum Gasteiger partial charge on any atom is 0.315 e. The fourth-order valence-corrected chi connectivity index (χ4v) is 3.76. The van der Waals surface area contributed by atoms with Gasteiger partial charge in [0.1, 0.15) is 10.4 Å². The maximum atomic E-state index is 11.3. The van der Waals surface area contributed by atoms with Crippen molar-refractivity contribution >= 4 is 28.6 Å². The SMILES string of the molecule is CC(C)(C)c1ccc(-c2nc(C(C)(C)C(=O)O)cs2)s1. The highest BCUT2D eigenvalue weighted by molar-refractivity contribution is 7.21. The third-order valence-corrected chi connectivity index (χ3v) is 5.76. The number of thiazole rings is 1. The molecule has 0 aliphatic rings. The molecule has 0 amide bonds. The molecule has 0 aliphatic carbocycles. The van der Waals surface area contributed by atoms with Crippen molar-refractivity contribution in [2.75, 3.05) is 0 Å². The van der Waals surface area contributed by atoms with Crippen molar-refractivity contribution in [3.63, 3.8) is 0 Å². The topological polar surface area (TPSA) is 50.2 Å². The van der Waals surface area contributed by atoms with E-state index in [9.17, 15) is 9.90 Å². The number of thiophene rings is 1. The zero-order valence-electron chi connectivity index (χ0n) is 12.4. The molecule has 2 aromatic rings. The Balaban J connectivity index is 2.34. The molecule has 2 rings (SSSR count). The van der Waals surface area contributed by atoms with Crippen molar-refractivity contribution in [2.45, 2.75) is 45.4 Å². The number of aromatic nitrogens is 1. The lowest BCUT2D eigenvalue weighted by Gasteiger charge is -2.15. The van der Waals surface area contributed by atoms with E-state index in [0.717, 1.165) is 9.88 Å². The first-order valence-corrected chi connectivity index (χ1v) is 8.12. The van der Waals surface area contributed by atoms with Gasteiger partial charge in [0.05, 0.1) is 10.6 Å². The van der Waals surface area contributed by atoms with Crippen molar-refractivity contribution in [3.05, 3.63) is 28.1 Å². The molecule has 108 valence electrons. The summed E-state index contributed by atoms with van der Waals surface area (Å²) in [6.45, 7) is 9.92. The zero-order valence-corrected chi connectivity index (χ0v) is 14.0. The van der Waals surface area contributed by atoms with Crippen LogP contribution in [0, 0.1) is 0 Å². The molecular weight excluding hydrogens is 290 g/mol. The van der Waals surface area contributed by atoms with Crippen LogP contribution in [0.15, 0.2) is 17.5 Å². The number of carbonyl (C=O) groups is 1. The quantitative estimate of drug-likeness (QED) is 0.906. The average molecular weight is 309 g/mol. The summed E-state index contributed by atoms with van der Waals surface area (Å²) < 4.78 is 0.